The molecule has 0 radical (unpaired) electrons. The summed E-state index contributed by atoms with van der Waals surface area (Å²) in [6, 6.07) is 3.71. The van der Waals surface area contributed by atoms with Gasteiger partial charge in [-0.25, -0.2) is 4.98 Å². The van der Waals surface area contributed by atoms with E-state index in [9.17, 15) is 0 Å². The maximum Gasteiger partial charge on any atom is 0.215 e. The molecule has 20 heavy (non-hydrogen) atoms. The van der Waals surface area contributed by atoms with Crippen LogP contribution in [0.15, 0.2) is 12.1 Å². The van der Waals surface area contributed by atoms with E-state index < -0.39 is 0 Å². The zero-order chi connectivity index (χ0) is 14.7. The van der Waals surface area contributed by atoms with E-state index in [1.165, 1.54) is 0 Å². The van der Waals surface area contributed by atoms with Gasteiger partial charge in [0.05, 0.1) is 7.11 Å². The number of aromatic nitrogens is 3. The zero-order valence-corrected chi connectivity index (χ0v) is 12.8. The highest BCUT2D eigenvalue weighted by atomic mass is 16.5. The summed E-state index contributed by atoms with van der Waals surface area (Å²) >= 11 is 0. The fraction of sp³-hybridized carbons (Fsp3) is 0.600. The van der Waals surface area contributed by atoms with Gasteiger partial charge in [0.2, 0.25) is 11.8 Å². The van der Waals surface area contributed by atoms with Crippen molar-refractivity contribution in [2.75, 3.05) is 12.8 Å². The average molecular weight is 274 g/mol. The molecule has 0 aliphatic heterocycles. The minimum atomic E-state index is 0.314. The molecule has 108 valence electrons. The van der Waals surface area contributed by atoms with Gasteiger partial charge in [-0.2, -0.15) is 4.98 Å². The molecule has 2 aromatic rings. The molecule has 1 fully saturated rings. The second-order valence-electron chi connectivity index (χ2n) is 6.77. The van der Waals surface area contributed by atoms with Crippen molar-refractivity contribution < 1.29 is 4.74 Å². The first-order valence-corrected chi connectivity index (χ1v) is 6.96. The predicted octanol–water partition coefficient (Wildman–Crippen LogP) is 2.70. The fourth-order valence-corrected chi connectivity index (χ4v) is 3.27. The number of methoxy groups -OCH3 is 1. The highest BCUT2D eigenvalue weighted by molar-refractivity contribution is 5.74. The van der Waals surface area contributed by atoms with Gasteiger partial charge in [0.25, 0.3) is 0 Å². The van der Waals surface area contributed by atoms with Crippen LogP contribution in [0.3, 0.4) is 0 Å². The first kappa shape index (κ1) is 13.2. The lowest BCUT2D eigenvalue weighted by atomic mass is 10.0. The Bertz CT molecular complexity index is 658. The van der Waals surface area contributed by atoms with Crippen LogP contribution in [-0.4, -0.2) is 21.6 Å². The molecule has 3 rings (SSSR count). The lowest BCUT2D eigenvalue weighted by Crippen LogP contribution is -2.08. The van der Waals surface area contributed by atoms with Crippen LogP contribution >= 0.6 is 0 Å². The summed E-state index contributed by atoms with van der Waals surface area (Å²) in [7, 11) is 1.62. The Kier molecular flexibility index (Phi) is 2.56. The molecule has 2 heterocycles. The van der Waals surface area contributed by atoms with Gasteiger partial charge in [-0.1, -0.05) is 27.7 Å². The SMILES string of the molecule is COc1ccc2nc(N)n(CC3C(C)(C)C3(C)C)c2n1. The summed E-state index contributed by atoms with van der Waals surface area (Å²) in [6.07, 6.45) is 0. The summed E-state index contributed by atoms with van der Waals surface area (Å²) in [4.78, 5) is 8.88. The van der Waals surface area contributed by atoms with Crippen LogP contribution in [0.25, 0.3) is 11.2 Å². The van der Waals surface area contributed by atoms with Crippen LogP contribution in [0.2, 0.25) is 0 Å². The molecule has 0 spiro atoms. The molecular formula is C15H22N4O. The Morgan fingerprint density at radius 3 is 2.40 bits per heavy atom. The summed E-state index contributed by atoms with van der Waals surface area (Å²) in [5.74, 6) is 1.69. The number of ether oxygens (including phenoxy) is 1. The molecule has 5 heteroatoms. The van der Waals surface area contributed by atoms with Crippen LogP contribution < -0.4 is 10.5 Å². The van der Waals surface area contributed by atoms with Gasteiger partial charge in [-0.3, -0.25) is 4.57 Å². The van der Waals surface area contributed by atoms with Gasteiger partial charge < -0.3 is 10.5 Å². The summed E-state index contributed by atoms with van der Waals surface area (Å²) < 4.78 is 7.21. The lowest BCUT2D eigenvalue weighted by Gasteiger charge is -2.08. The molecule has 0 atom stereocenters. The number of imidazole rings is 1. The Morgan fingerprint density at radius 1 is 1.20 bits per heavy atom. The molecule has 1 aliphatic rings. The molecule has 1 aliphatic carbocycles. The van der Waals surface area contributed by atoms with E-state index in [0.717, 1.165) is 17.7 Å². The molecule has 0 bridgehead atoms. The minimum absolute atomic E-state index is 0.314. The van der Waals surface area contributed by atoms with E-state index in [1.54, 1.807) is 7.11 Å². The van der Waals surface area contributed by atoms with Crippen molar-refractivity contribution in [1.82, 2.24) is 14.5 Å². The van der Waals surface area contributed by atoms with E-state index in [-0.39, 0.29) is 0 Å². The van der Waals surface area contributed by atoms with Crippen molar-refractivity contribution >= 4 is 17.1 Å². The van der Waals surface area contributed by atoms with Gasteiger partial charge in [-0.15, -0.1) is 0 Å². The number of pyridine rings is 1. The minimum Gasteiger partial charge on any atom is -0.481 e. The third-order valence-corrected chi connectivity index (χ3v) is 5.49. The van der Waals surface area contributed by atoms with Gasteiger partial charge in [0.15, 0.2) is 5.65 Å². The Hall–Kier alpha value is -1.78. The summed E-state index contributed by atoms with van der Waals surface area (Å²) in [6.45, 7) is 10.1. The van der Waals surface area contributed by atoms with E-state index in [4.69, 9.17) is 10.5 Å². The lowest BCUT2D eigenvalue weighted by molar-refractivity contribution is 0.398. The number of nitrogens with zero attached hydrogens (tertiary/aromatic N) is 3. The van der Waals surface area contributed by atoms with E-state index >= 15 is 0 Å². The Labute approximate surface area is 119 Å². The number of nitrogens with two attached hydrogens (primary N) is 1. The van der Waals surface area contributed by atoms with Crippen LogP contribution in [0.4, 0.5) is 5.95 Å². The number of hydrogen-bond acceptors (Lipinski definition) is 4. The van der Waals surface area contributed by atoms with Crippen molar-refractivity contribution in [3.05, 3.63) is 12.1 Å². The standard InChI is InChI=1S/C15H22N4O/c1-14(2)10(15(14,3)4)8-19-12-9(17-13(19)16)6-7-11(18-12)20-5/h6-7,10H,8H2,1-5H3,(H2,16,17). The molecule has 5 nitrogen and oxygen atoms in total. The third-order valence-electron chi connectivity index (χ3n) is 5.49. The molecule has 0 aromatic carbocycles. The third kappa shape index (κ3) is 1.62. The molecule has 1 saturated carbocycles. The van der Waals surface area contributed by atoms with Crippen molar-refractivity contribution in [2.24, 2.45) is 16.7 Å². The normalized spacial score (nSPS) is 20.2. The molecule has 2 N–H and O–H groups in total. The quantitative estimate of drug-likeness (QED) is 0.934. The molecule has 0 saturated heterocycles. The van der Waals surface area contributed by atoms with Crippen molar-refractivity contribution in [3.8, 4) is 5.88 Å². The number of anilines is 1. The summed E-state index contributed by atoms with van der Waals surface area (Å²) in [5.41, 5.74) is 8.32. The van der Waals surface area contributed by atoms with E-state index in [1.807, 2.05) is 16.7 Å². The van der Waals surface area contributed by atoms with Gasteiger partial charge in [0.1, 0.15) is 5.52 Å². The Balaban J connectivity index is 2.02. The second kappa shape index (κ2) is 3.87. The maximum atomic E-state index is 6.07. The number of hydrogen-bond donors (Lipinski definition) is 1. The van der Waals surface area contributed by atoms with Crippen LogP contribution in [0.1, 0.15) is 27.7 Å². The largest absolute Gasteiger partial charge is 0.481 e. The number of nitrogen functional groups attached to an aromatic ring is 1. The molecule has 0 amide bonds. The predicted molar refractivity (Wildman–Crippen MR) is 79.5 cm³/mol. The van der Waals surface area contributed by atoms with Crippen LogP contribution in [0, 0.1) is 16.7 Å². The maximum absolute atomic E-state index is 6.07. The number of fused-ring (bicyclic) bond motifs is 1. The first-order valence-electron chi connectivity index (χ1n) is 6.96. The van der Waals surface area contributed by atoms with Crippen molar-refractivity contribution in [1.29, 1.82) is 0 Å². The topological polar surface area (TPSA) is 66.0 Å². The van der Waals surface area contributed by atoms with Crippen molar-refractivity contribution in [3.63, 3.8) is 0 Å². The van der Waals surface area contributed by atoms with Gasteiger partial charge in [-0.05, 0) is 22.8 Å². The van der Waals surface area contributed by atoms with Crippen molar-refractivity contribution in [2.45, 2.75) is 34.2 Å². The smallest absolute Gasteiger partial charge is 0.215 e. The first-order chi connectivity index (χ1) is 9.29. The molecular weight excluding hydrogens is 252 g/mol. The fourth-order valence-electron chi connectivity index (χ4n) is 3.27. The van der Waals surface area contributed by atoms with E-state index in [2.05, 4.69) is 37.7 Å². The van der Waals surface area contributed by atoms with Crippen LogP contribution in [-0.2, 0) is 6.54 Å². The number of rotatable bonds is 3. The van der Waals surface area contributed by atoms with Gasteiger partial charge >= 0.3 is 0 Å². The highest BCUT2D eigenvalue weighted by Crippen LogP contribution is 2.69. The van der Waals surface area contributed by atoms with Crippen LogP contribution in [0.5, 0.6) is 5.88 Å². The van der Waals surface area contributed by atoms with Gasteiger partial charge in [0, 0.05) is 12.6 Å². The molecule has 2 aromatic heterocycles. The summed E-state index contributed by atoms with van der Waals surface area (Å²) in [5, 5.41) is 0. The highest BCUT2D eigenvalue weighted by Gasteiger charge is 2.64. The average Bonchev–Trinajstić information content (AvgIpc) is 2.67. The zero-order valence-electron chi connectivity index (χ0n) is 12.8. The Morgan fingerprint density at radius 2 is 1.85 bits per heavy atom. The molecule has 0 unspecified atom stereocenters. The second-order valence-corrected chi connectivity index (χ2v) is 6.77. The van der Waals surface area contributed by atoms with E-state index in [0.29, 0.717) is 28.6 Å². The monoisotopic (exact) mass is 274 g/mol.